The maximum Gasteiger partial charge on any atom is 0.0724 e. The van der Waals surface area contributed by atoms with Crippen molar-refractivity contribution in [3.05, 3.63) is 0 Å². The first-order chi connectivity index (χ1) is 8.00. The SMILES string of the molecule is COC1CCCC1NC1CC(C)CC(C)(C)C1. The summed E-state index contributed by atoms with van der Waals surface area (Å²) in [6, 6.07) is 1.31. The summed E-state index contributed by atoms with van der Waals surface area (Å²) in [5, 5.41) is 3.88. The average Bonchev–Trinajstić information content (AvgIpc) is 2.61. The van der Waals surface area contributed by atoms with E-state index in [0.29, 0.717) is 23.6 Å². The zero-order valence-corrected chi connectivity index (χ0v) is 12.0. The molecule has 0 radical (unpaired) electrons. The van der Waals surface area contributed by atoms with Crippen LogP contribution in [0, 0.1) is 11.3 Å². The molecule has 0 aliphatic heterocycles. The molecule has 0 bridgehead atoms. The van der Waals surface area contributed by atoms with Gasteiger partial charge in [-0.05, 0) is 49.9 Å². The van der Waals surface area contributed by atoms with Crippen molar-refractivity contribution < 1.29 is 4.74 Å². The van der Waals surface area contributed by atoms with Crippen LogP contribution >= 0.6 is 0 Å². The van der Waals surface area contributed by atoms with Gasteiger partial charge in [0, 0.05) is 19.2 Å². The molecule has 0 spiro atoms. The molecular formula is C15H29NO. The van der Waals surface area contributed by atoms with Crippen LogP contribution in [0.15, 0.2) is 0 Å². The largest absolute Gasteiger partial charge is 0.380 e. The summed E-state index contributed by atoms with van der Waals surface area (Å²) < 4.78 is 5.58. The van der Waals surface area contributed by atoms with E-state index in [0.717, 1.165) is 5.92 Å². The molecule has 2 nitrogen and oxygen atoms in total. The molecule has 0 aromatic rings. The van der Waals surface area contributed by atoms with Crippen LogP contribution < -0.4 is 5.32 Å². The molecule has 4 atom stereocenters. The molecule has 0 aromatic heterocycles. The number of hydrogen-bond acceptors (Lipinski definition) is 2. The van der Waals surface area contributed by atoms with Crippen LogP contribution in [0.3, 0.4) is 0 Å². The molecular weight excluding hydrogens is 210 g/mol. The molecule has 1 N–H and O–H groups in total. The highest BCUT2D eigenvalue weighted by Gasteiger charge is 2.35. The minimum Gasteiger partial charge on any atom is -0.380 e. The van der Waals surface area contributed by atoms with Gasteiger partial charge in [0.2, 0.25) is 0 Å². The van der Waals surface area contributed by atoms with Crippen molar-refractivity contribution in [3.63, 3.8) is 0 Å². The lowest BCUT2D eigenvalue weighted by molar-refractivity contribution is 0.0683. The second-order valence-corrected chi connectivity index (χ2v) is 7.09. The van der Waals surface area contributed by atoms with E-state index in [4.69, 9.17) is 4.74 Å². The Bertz CT molecular complexity index is 251. The summed E-state index contributed by atoms with van der Waals surface area (Å²) in [5.41, 5.74) is 0.510. The molecule has 2 saturated carbocycles. The molecule has 0 heterocycles. The minimum absolute atomic E-state index is 0.454. The monoisotopic (exact) mass is 239 g/mol. The standard InChI is InChI=1S/C15H29NO/c1-11-8-12(10-15(2,3)9-11)16-13-6-5-7-14(13)17-4/h11-14,16H,5-10H2,1-4H3. The second-order valence-electron chi connectivity index (χ2n) is 7.09. The Labute approximate surface area is 107 Å². The highest BCUT2D eigenvalue weighted by molar-refractivity contribution is 4.92. The van der Waals surface area contributed by atoms with Gasteiger partial charge in [-0.2, -0.15) is 0 Å². The van der Waals surface area contributed by atoms with E-state index in [1.54, 1.807) is 0 Å². The second kappa shape index (κ2) is 5.27. The Hall–Kier alpha value is -0.0800. The minimum atomic E-state index is 0.454. The van der Waals surface area contributed by atoms with Crippen LogP contribution in [0.2, 0.25) is 0 Å². The van der Waals surface area contributed by atoms with E-state index >= 15 is 0 Å². The van der Waals surface area contributed by atoms with Gasteiger partial charge in [0.15, 0.2) is 0 Å². The van der Waals surface area contributed by atoms with Crippen molar-refractivity contribution in [2.45, 2.75) is 77.5 Å². The Morgan fingerprint density at radius 2 is 1.94 bits per heavy atom. The highest BCUT2D eigenvalue weighted by atomic mass is 16.5. The van der Waals surface area contributed by atoms with E-state index < -0.39 is 0 Å². The zero-order chi connectivity index (χ0) is 12.5. The van der Waals surface area contributed by atoms with Crippen LogP contribution in [0.4, 0.5) is 0 Å². The van der Waals surface area contributed by atoms with Crippen molar-refractivity contribution in [1.82, 2.24) is 5.32 Å². The van der Waals surface area contributed by atoms with Gasteiger partial charge in [-0.25, -0.2) is 0 Å². The van der Waals surface area contributed by atoms with E-state index in [9.17, 15) is 0 Å². The first kappa shape index (κ1) is 13.4. The fourth-order valence-corrected chi connectivity index (χ4v) is 4.17. The Morgan fingerprint density at radius 3 is 2.59 bits per heavy atom. The summed E-state index contributed by atoms with van der Waals surface area (Å²) in [6.07, 6.45) is 8.35. The maximum atomic E-state index is 5.58. The first-order valence-corrected chi connectivity index (χ1v) is 7.29. The topological polar surface area (TPSA) is 21.3 Å². The van der Waals surface area contributed by atoms with Crippen molar-refractivity contribution in [2.75, 3.05) is 7.11 Å². The Balaban J connectivity index is 1.89. The molecule has 0 amide bonds. The third-order valence-corrected chi connectivity index (χ3v) is 4.59. The quantitative estimate of drug-likeness (QED) is 0.815. The number of ether oxygens (including phenoxy) is 1. The van der Waals surface area contributed by atoms with E-state index in [2.05, 4.69) is 26.1 Å². The van der Waals surface area contributed by atoms with Gasteiger partial charge in [-0.3, -0.25) is 0 Å². The molecule has 2 aliphatic carbocycles. The summed E-state index contributed by atoms with van der Waals surface area (Å²) in [7, 11) is 1.86. The summed E-state index contributed by atoms with van der Waals surface area (Å²) in [5.74, 6) is 0.860. The molecule has 0 saturated heterocycles. The fourth-order valence-electron chi connectivity index (χ4n) is 4.17. The van der Waals surface area contributed by atoms with Crippen molar-refractivity contribution in [3.8, 4) is 0 Å². The van der Waals surface area contributed by atoms with Gasteiger partial charge >= 0.3 is 0 Å². The highest BCUT2D eigenvalue weighted by Crippen LogP contribution is 2.39. The van der Waals surface area contributed by atoms with Crippen molar-refractivity contribution in [1.29, 1.82) is 0 Å². The first-order valence-electron chi connectivity index (χ1n) is 7.29. The lowest BCUT2D eigenvalue weighted by Crippen LogP contribution is -2.47. The van der Waals surface area contributed by atoms with Gasteiger partial charge in [-0.15, -0.1) is 0 Å². The average molecular weight is 239 g/mol. The fraction of sp³-hybridized carbons (Fsp3) is 1.00. The number of methoxy groups -OCH3 is 1. The molecule has 2 fully saturated rings. The molecule has 0 aromatic carbocycles. The molecule has 4 unspecified atom stereocenters. The van der Waals surface area contributed by atoms with E-state index in [-0.39, 0.29) is 0 Å². The Kier molecular flexibility index (Phi) is 4.14. The van der Waals surface area contributed by atoms with Gasteiger partial charge in [0.05, 0.1) is 6.10 Å². The van der Waals surface area contributed by atoms with Crippen LogP contribution in [0.5, 0.6) is 0 Å². The van der Waals surface area contributed by atoms with Crippen LogP contribution in [0.1, 0.15) is 59.3 Å². The molecule has 2 heteroatoms. The summed E-state index contributed by atoms with van der Waals surface area (Å²) in [6.45, 7) is 7.23. The summed E-state index contributed by atoms with van der Waals surface area (Å²) >= 11 is 0. The Morgan fingerprint density at radius 1 is 1.18 bits per heavy atom. The predicted molar refractivity (Wildman–Crippen MR) is 72.2 cm³/mol. The van der Waals surface area contributed by atoms with Crippen molar-refractivity contribution >= 4 is 0 Å². The van der Waals surface area contributed by atoms with E-state index in [1.165, 1.54) is 38.5 Å². The zero-order valence-electron chi connectivity index (χ0n) is 12.0. The molecule has 100 valence electrons. The molecule has 2 aliphatic rings. The van der Waals surface area contributed by atoms with E-state index in [1.807, 2.05) is 7.11 Å². The van der Waals surface area contributed by atoms with Gasteiger partial charge < -0.3 is 10.1 Å². The smallest absolute Gasteiger partial charge is 0.0724 e. The predicted octanol–water partition coefficient (Wildman–Crippen LogP) is 3.36. The number of rotatable bonds is 3. The maximum absolute atomic E-state index is 5.58. The lowest BCUT2D eigenvalue weighted by atomic mass is 9.70. The summed E-state index contributed by atoms with van der Waals surface area (Å²) in [4.78, 5) is 0. The van der Waals surface area contributed by atoms with Gasteiger partial charge in [0.1, 0.15) is 0 Å². The van der Waals surface area contributed by atoms with Gasteiger partial charge in [0.25, 0.3) is 0 Å². The van der Waals surface area contributed by atoms with Crippen LogP contribution in [0.25, 0.3) is 0 Å². The molecule has 2 rings (SSSR count). The van der Waals surface area contributed by atoms with Crippen LogP contribution in [-0.2, 0) is 4.74 Å². The normalized spacial score (nSPS) is 41.6. The third-order valence-electron chi connectivity index (χ3n) is 4.59. The van der Waals surface area contributed by atoms with Crippen molar-refractivity contribution in [2.24, 2.45) is 11.3 Å². The van der Waals surface area contributed by atoms with Crippen LogP contribution in [-0.4, -0.2) is 25.3 Å². The van der Waals surface area contributed by atoms with Gasteiger partial charge in [-0.1, -0.05) is 20.8 Å². The third kappa shape index (κ3) is 3.45. The number of nitrogens with one attached hydrogen (secondary N) is 1. The molecule has 17 heavy (non-hydrogen) atoms. The lowest BCUT2D eigenvalue weighted by Gasteiger charge is -2.41. The number of hydrogen-bond donors (Lipinski definition) is 1.